The maximum Gasteiger partial charge on any atom is 0.249 e. The van der Waals surface area contributed by atoms with Crippen LogP contribution in [0, 0.1) is 0 Å². The van der Waals surface area contributed by atoms with E-state index in [2.05, 4.69) is 55.6 Å². The van der Waals surface area contributed by atoms with Gasteiger partial charge < -0.3 is 25.7 Å². The van der Waals surface area contributed by atoms with E-state index in [1.807, 2.05) is 0 Å². The fourth-order valence-electron chi connectivity index (χ4n) is 6.38. The van der Waals surface area contributed by atoms with Gasteiger partial charge in [0, 0.05) is 0 Å². The van der Waals surface area contributed by atoms with Gasteiger partial charge in [-0.15, -0.1) is 0 Å². The number of nitrogens with one attached hydrogen (secondary N) is 1. The number of aliphatic hydroxyl groups excluding tert-OH is 4. The van der Waals surface area contributed by atoms with Crippen molar-refractivity contribution in [2.24, 2.45) is 0 Å². The fraction of sp³-hybridized carbons (Fsp3) is 0.841. The van der Waals surface area contributed by atoms with Crippen LogP contribution in [0.15, 0.2) is 36.5 Å². The molecule has 0 saturated carbocycles. The van der Waals surface area contributed by atoms with Gasteiger partial charge in [0.25, 0.3) is 0 Å². The van der Waals surface area contributed by atoms with E-state index in [4.69, 9.17) is 0 Å². The Hall–Kier alpha value is -1.47. The first kappa shape index (κ1) is 48.5. The summed E-state index contributed by atoms with van der Waals surface area (Å²) in [6.07, 6.45) is 45.2. The molecule has 1 amide bonds. The van der Waals surface area contributed by atoms with Gasteiger partial charge in [-0.1, -0.05) is 179 Å². The van der Waals surface area contributed by atoms with E-state index in [0.717, 1.165) is 44.9 Å². The van der Waals surface area contributed by atoms with Crippen LogP contribution in [0.5, 0.6) is 0 Å². The van der Waals surface area contributed by atoms with Crippen molar-refractivity contribution in [1.82, 2.24) is 5.32 Å². The average molecular weight is 706 g/mol. The van der Waals surface area contributed by atoms with Gasteiger partial charge in [-0.2, -0.15) is 0 Å². The lowest BCUT2D eigenvalue weighted by Crippen LogP contribution is -2.53. The molecule has 0 spiro atoms. The summed E-state index contributed by atoms with van der Waals surface area (Å²) in [5.41, 5.74) is 0. The first-order valence-electron chi connectivity index (χ1n) is 21.4. The molecule has 6 nitrogen and oxygen atoms in total. The van der Waals surface area contributed by atoms with Gasteiger partial charge in [0.2, 0.25) is 5.91 Å². The summed E-state index contributed by atoms with van der Waals surface area (Å²) >= 11 is 0. The topological polar surface area (TPSA) is 110 Å². The lowest BCUT2D eigenvalue weighted by molar-refractivity contribution is -0.132. The van der Waals surface area contributed by atoms with Crippen LogP contribution in [-0.2, 0) is 4.79 Å². The zero-order chi connectivity index (χ0) is 36.8. The number of amides is 1. The maximum absolute atomic E-state index is 12.4. The predicted octanol–water partition coefficient (Wildman–Crippen LogP) is 11.0. The van der Waals surface area contributed by atoms with Gasteiger partial charge in [0.05, 0.1) is 18.8 Å². The van der Waals surface area contributed by atoms with Gasteiger partial charge in [0.1, 0.15) is 12.2 Å². The first-order chi connectivity index (χ1) is 24.5. The minimum atomic E-state index is -1.28. The number of allylic oxidation sites excluding steroid dienone is 6. The minimum absolute atomic E-state index is 0.360. The van der Waals surface area contributed by atoms with Crippen LogP contribution < -0.4 is 5.32 Å². The van der Waals surface area contributed by atoms with Crippen molar-refractivity contribution >= 4 is 5.91 Å². The molecule has 0 aliphatic heterocycles. The molecular weight excluding hydrogens is 622 g/mol. The number of unbranched alkanes of at least 4 members (excludes halogenated alkanes) is 23. The number of carbonyl (C=O) groups is 1. The summed E-state index contributed by atoms with van der Waals surface area (Å²) in [5, 5.41) is 43.1. The molecule has 0 aliphatic carbocycles. The van der Waals surface area contributed by atoms with E-state index < -0.39 is 36.9 Å². The standard InChI is InChI=1S/C44H83NO5/c1-3-5-7-9-11-12-13-14-15-16-17-18-19-20-21-22-23-24-25-26-27-28-29-30-31-32-34-36-38-42(48)44(50)45-40(39-46)43(49)41(47)37-35-33-10-8-6-4-2/h8,10,17-18,20-21,40-43,46-49H,3-7,9,11-16,19,22-39H2,1-2H3,(H,45,50)/b10-8+,18-17-,21-20-. The first-order valence-corrected chi connectivity index (χ1v) is 21.4. The molecule has 6 heteroatoms. The van der Waals surface area contributed by atoms with Crippen LogP contribution in [0.1, 0.15) is 206 Å². The Morgan fingerprint density at radius 2 is 0.920 bits per heavy atom. The number of hydrogen-bond donors (Lipinski definition) is 5. The molecule has 0 aromatic carbocycles. The Bertz CT molecular complexity index is 797. The molecule has 5 N–H and O–H groups in total. The molecule has 0 heterocycles. The monoisotopic (exact) mass is 706 g/mol. The van der Waals surface area contributed by atoms with Crippen molar-refractivity contribution in [1.29, 1.82) is 0 Å². The van der Waals surface area contributed by atoms with Gasteiger partial charge in [-0.05, 0) is 64.2 Å². The van der Waals surface area contributed by atoms with E-state index >= 15 is 0 Å². The second-order valence-corrected chi connectivity index (χ2v) is 14.7. The Morgan fingerprint density at radius 3 is 1.40 bits per heavy atom. The van der Waals surface area contributed by atoms with E-state index in [0.29, 0.717) is 19.3 Å². The van der Waals surface area contributed by atoms with Crippen molar-refractivity contribution in [2.45, 2.75) is 231 Å². The van der Waals surface area contributed by atoms with Crippen LogP contribution in [0.25, 0.3) is 0 Å². The van der Waals surface area contributed by atoms with E-state index in [1.165, 1.54) is 128 Å². The molecule has 0 saturated heterocycles. The zero-order valence-corrected chi connectivity index (χ0v) is 32.9. The van der Waals surface area contributed by atoms with Crippen molar-refractivity contribution in [3.63, 3.8) is 0 Å². The molecule has 0 bridgehead atoms. The van der Waals surface area contributed by atoms with E-state index in [-0.39, 0.29) is 0 Å². The molecule has 0 radical (unpaired) electrons. The number of aliphatic hydroxyl groups is 4. The smallest absolute Gasteiger partial charge is 0.249 e. The fourth-order valence-corrected chi connectivity index (χ4v) is 6.38. The second-order valence-electron chi connectivity index (χ2n) is 14.7. The molecule has 0 rings (SSSR count). The summed E-state index contributed by atoms with van der Waals surface area (Å²) in [7, 11) is 0. The molecular formula is C44H83NO5. The van der Waals surface area contributed by atoms with Crippen molar-refractivity contribution < 1.29 is 25.2 Å². The van der Waals surface area contributed by atoms with Crippen LogP contribution in [0.2, 0.25) is 0 Å². The third-order valence-electron chi connectivity index (χ3n) is 9.80. The number of carbonyl (C=O) groups excluding carboxylic acids is 1. The van der Waals surface area contributed by atoms with Crippen LogP contribution in [0.4, 0.5) is 0 Å². The predicted molar refractivity (Wildman–Crippen MR) is 214 cm³/mol. The number of rotatable bonds is 38. The van der Waals surface area contributed by atoms with Gasteiger partial charge in [0.15, 0.2) is 0 Å². The largest absolute Gasteiger partial charge is 0.394 e. The molecule has 4 unspecified atom stereocenters. The summed E-state index contributed by atoms with van der Waals surface area (Å²) in [6.45, 7) is 3.90. The molecule has 0 fully saturated rings. The highest BCUT2D eigenvalue weighted by molar-refractivity contribution is 5.80. The molecule has 0 aromatic rings. The normalized spacial score (nSPS) is 14.6. The van der Waals surface area contributed by atoms with Crippen LogP contribution >= 0.6 is 0 Å². The Labute approximate surface area is 309 Å². The highest BCUT2D eigenvalue weighted by Gasteiger charge is 2.28. The van der Waals surface area contributed by atoms with Crippen molar-refractivity contribution in [3.8, 4) is 0 Å². The molecule has 0 aliphatic rings. The highest BCUT2D eigenvalue weighted by atomic mass is 16.3. The van der Waals surface area contributed by atoms with E-state index in [9.17, 15) is 25.2 Å². The molecule has 294 valence electrons. The molecule has 0 aromatic heterocycles. The number of hydrogen-bond acceptors (Lipinski definition) is 5. The van der Waals surface area contributed by atoms with Crippen LogP contribution in [0.3, 0.4) is 0 Å². The zero-order valence-electron chi connectivity index (χ0n) is 32.9. The average Bonchev–Trinajstić information content (AvgIpc) is 3.12. The third kappa shape index (κ3) is 32.4. The lowest BCUT2D eigenvalue weighted by atomic mass is 10.00. The summed E-state index contributed by atoms with van der Waals surface area (Å²) < 4.78 is 0. The van der Waals surface area contributed by atoms with Gasteiger partial charge >= 0.3 is 0 Å². The van der Waals surface area contributed by atoms with Gasteiger partial charge in [-0.3, -0.25) is 4.79 Å². The Kier molecular flexibility index (Phi) is 37.6. The Morgan fingerprint density at radius 1 is 0.500 bits per heavy atom. The lowest BCUT2D eigenvalue weighted by Gasteiger charge is -2.27. The SMILES string of the molecule is CCC/C=C/CCCC(O)C(O)C(CO)NC(=O)C(O)CCCCCCCCCCCCCC/C=C\C/C=C\CCCCCCCCCCC. The summed E-state index contributed by atoms with van der Waals surface area (Å²) in [4.78, 5) is 12.4. The minimum Gasteiger partial charge on any atom is -0.394 e. The molecule has 4 atom stereocenters. The second kappa shape index (κ2) is 38.8. The van der Waals surface area contributed by atoms with Crippen LogP contribution in [-0.4, -0.2) is 57.3 Å². The highest BCUT2D eigenvalue weighted by Crippen LogP contribution is 2.15. The molecule has 50 heavy (non-hydrogen) atoms. The van der Waals surface area contributed by atoms with Gasteiger partial charge in [-0.25, -0.2) is 0 Å². The van der Waals surface area contributed by atoms with Crippen molar-refractivity contribution in [3.05, 3.63) is 36.5 Å². The summed E-state index contributed by atoms with van der Waals surface area (Å²) in [5.74, 6) is -0.600. The quantitative estimate of drug-likeness (QED) is 0.0324. The summed E-state index contributed by atoms with van der Waals surface area (Å²) in [6, 6.07) is -0.999. The van der Waals surface area contributed by atoms with E-state index in [1.54, 1.807) is 0 Å². The Balaban J connectivity index is 3.60. The third-order valence-corrected chi connectivity index (χ3v) is 9.80. The van der Waals surface area contributed by atoms with Crippen molar-refractivity contribution in [2.75, 3.05) is 6.61 Å². The maximum atomic E-state index is 12.4.